The van der Waals surface area contributed by atoms with Gasteiger partial charge in [-0.3, -0.25) is 4.79 Å². The first-order valence-electron chi connectivity index (χ1n) is 9.10. The summed E-state index contributed by atoms with van der Waals surface area (Å²) in [6.07, 6.45) is 1.94. The van der Waals surface area contributed by atoms with Gasteiger partial charge in [0.25, 0.3) is 0 Å². The lowest BCUT2D eigenvalue weighted by Crippen LogP contribution is -2.51. The Balaban J connectivity index is 0.00000312. The molecule has 3 N–H and O–H groups in total. The van der Waals surface area contributed by atoms with Crippen LogP contribution in [0.5, 0.6) is 0 Å². The van der Waals surface area contributed by atoms with Crippen LogP contribution in [0.3, 0.4) is 0 Å². The maximum absolute atomic E-state index is 12.1. The highest BCUT2D eigenvalue weighted by Gasteiger charge is 2.24. The summed E-state index contributed by atoms with van der Waals surface area (Å²) in [4.78, 5) is 14.5. The van der Waals surface area contributed by atoms with Crippen molar-refractivity contribution in [3.05, 3.63) is 29.8 Å². The standard InChI is InChI=1S/C20H33N3O.ClH/c1-14(2)18(21)19(24)22-16-10-12-23(13-11-16)17-8-6-15(7-9-17)20(3,4)5;/h6-9,14,16,18H,10-13,21H2,1-5H3,(H,22,24);1H/t18-;/m0./s1. The molecule has 2 rings (SSSR count). The molecule has 25 heavy (non-hydrogen) atoms. The second-order valence-electron chi connectivity index (χ2n) is 8.34. The lowest BCUT2D eigenvalue weighted by Gasteiger charge is -2.35. The summed E-state index contributed by atoms with van der Waals surface area (Å²) in [6.45, 7) is 12.6. The molecule has 0 aliphatic carbocycles. The van der Waals surface area contributed by atoms with Gasteiger partial charge in [0.1, 0.15) is 0 Å². The van der Waals surface area contributed by atoms with Crippen LogP contribution in [0.25, 0.3) is 0 Å². The van der Waals surface area contributed by atoms with Gasteiger partial charge < -0.3 is 16.0 Å². The Morgan fingerprint density at radius 3 is 2.12 bits per heavy atom. The summed E-state index contributed by atoms with van der Waals surface area (Å²) in [6, 6.07) is 8.72. The third-order valence-corrected chi connectivity index (χ3v) is 4.96. The van der Waals surface area contributed by atoms with Crippen molar-refractivity contribution in [3.8, 4) is 0 Å². The Bertz CT molecular complexity index is 543. The third kappa shape index (κ3) is 5.89. The van der Waals surface area contributed by atoms with Crippen LogP contribution < -0.4 is 16.0 Å². The number of carbonyl (C=O) groups is 1. The molecule has 0 aromatic heterocycles. The predicted octanol–water partition coefficient (Wildman–Crippen LogP) is 3.47. The highest BCUT2D eigenvalue weighted by molar-refractivity contribution is 5.85. The van der Waals surface area contributed by atoms with Crippen molar-refractivity contribution in [1.82, 2.24) is 5.32 Å². The van der Waals surface area contributed by atoms with Gasteiger partial charge in [-0.2, -0.15) is 0 Å². The Kier molecular flexibility index (Phi) is 7.76. The Hall–Kier alpha value is -1.26. The number of rotatable bonds is 4. The number of nitrogens with two attached hydrogens (primary N) is 1. The number of hydrogen-bond acceptors (Lipinski definition) is 3. The van der Waals surface area contributed by atoms with E-state index in [2.05, 4.69) is 55.3 Å². The average Bonchev–Trinajstić information content (AvgIpc) is 2.54. The third-order valence-electron chi connectivity index (χ3n) is 4.96. The summed E-state index contributed by atoms with van der Waals surface area (Å²) in [5, 5.41) is 3.11. The molecule has 1 heterocycles. The normalized spacial score (nSPS) is 17.2. The summed E-state index contributed by atoms with van der Waals surface area (Å²) in [5.41, 5.74) is 8.74. The number of nitrogens with one attached hydrogen (secondary N) is 1. The fraction of sp³-hybridized carbons (Fsp3) is 0.650. The van der Waals surface area contributed by atoms with Gasteiger partial charge in [0.2, 0.25) is 5.91 Å². The van der Waals surface area contributed by atoms with E-state index >= 15 is 0 Å². The van der Waals surface area contributed by atoms with Gasteiger partial charge in [-0.05, 0) is 41.9 Å². The van der Waals surface area contributed by atoms with Crippen molar-refractivity contribution in [2.45, 2.75) is 65.0 Å². The lowest BCUT2D eigenvalue weighted by molar-refractivity contribution is -0.124. The number of anilines is 1. The minimum absolute atomic E-state index is 0. The zero-order valence-electron chi connectivity index (χ0n) is 16.2. The molecule has 1 aliphatic rings. The largest absolute Gasteiger partial charge is 0.371 e. The fourth-order valence-corrected chi connectivity index (χ4v) is 3.05. The molecule has 0 radical (unpaired) electrons. The number of carbonyl (C=O) groups excluding carboxylic acids is 1. The summed E-state index contributed by atoms with van der Waals surface area (Å²) < 4.78 is 0. The summed E-state index contributed by atoms with van der Waals surface area (Å²) >= 11 is 0. The van der Waals surface area contributed by atoms with E-state index in [1.807, 2.05) is 13.8 Å². The molecule has 142 valence electrons. The van der Waals surface area contributed by atoms with Gasteiger partial charge in [-0.25, -0.2) is 0 Å². The van der Waals surface area contributed by atoms with Crippen LogP contribution >= 0.6 is 12.4 Å². The second kappa shape index (κ2) is 8.91. The van der Waals surface area contributed by atoms with Crippen molar-refractivity contribution in [3.63, 3.8) is 0 Å². The molecule has 1 atom stereocenters. The SMILES string of the molecule is CC(C)[C@H](N)C(=O)NC1CCN(c2ccc(C(C)(C)C)cc2)CC1.Cl. The van der Waals surface area contributed by atoms with E-state index in [1.165, 1.54) is 11.3 Å². The second-order valence-corrected chi connectivity index (χ2v) is 8.34. The van der Waals surface area contributed by atoms with Crippen molar-refractivity contribution >= 4 is 24.0 Å². The molecule has 0 bridgehead atoms. The van der Waals surface area contributed by atoms with E-state index in [1.54, 1.807) is 0 Å². The summed E-state index contributed by atoms with van der Waals surface area (Å²) in [7, 11) is 0. The fourth-order valence-electron chi connectivity index (χ4n) is 3.05. The van der Waals surface area contributed by atoms with Crippen molar-refractivity contribution < 1.29 is 4.79 Å². The van der Waals surface area contributed by atoms with Gasteiger partial charge in [-0.15, -0.1) is 12.4 Å². The molecule has 1 saturated heterocycles. The molecule has 4 nitrogen and oxygen atoms in total. The number of benzene rings is 1. The van der Waals surface area contributed by atoms with Gasteiger partial charge in [0.15, 0.2) is 0 Å². The van der Waals surface area contributed by atoms with Gasteiger partial charge in [-0.1, -0.05) is 46.8 Å². The molecule has 1 aromatic carbocycles. The van der Waals surface area contributed by atoms with Crippen LogP contribution in [0.2, 0.25) is 0 Å². The number of nitrogens with zero attached hydrogens (tertiary/aromatic N) is 1. The van der Waals surface area contributed by atoms with E-state index in [0.717, 1.165) is 25.9 Å². The van der Waals surface area contributed by atoms with Crippen LogP contribution in [0.4, 0.5) is 5.69 Å². The molecule has 0 spiro atoms. The van der Waals surface area contributed by atoms with E-state index in [4.69, 9.17) is 5.73 Å². The molecule has 5 heteroatoms. The molecule has 1 aromatic rings. The van der Waals surface area contributed by atoms with Crippen LogP contribution in [-0.2, 0) is 10.2 Å². The smallest absolute Gasteiger partial charge is 0.237 e. The highest BCUT2D eigenvalue weighted by Crippen LogP contribution is 2.26. The number of amides is 1. The first-order valence-corrected chi connectivity index (χ1v) is 9.10. The molecular weight excluding hydrogens is 334 g/mol. The first kappa shape index (κ1) is 21.8. The van der Waals surface area contributed by atoms with E-state index < -0.39 is 6.04 Å². The van der Waals surface area contributed by atoms with Gasteiger partial charge in [0, 0.05) is 24.8 Å². The number of halogens is 1. The van der Waals surface area contributed by atoms with Crippen LogP contribution in [0.15, 0.2) is 24.3 Å². The van der Waals surface area contributed by atoms with Crippen LogP contribution in [-0.4, -0.2) is 31.1 Å². The van der Waals surface area contributed by atoms with E-state index in [9.17, 15) is 4.79 Å². The first-order chi connectivity index (χ1) is 11.2. The van der Waals surface area contributed by atoms with E-state index in [-0.39, 0.29) is 35.7 Å². The maximum atomic E-state index is 12.1. The molecule has 0 saturated carbocycles. The van der Waals surface area contributed by atoms with E-state index in [0.29, 0.717) is 0 Å². The minimum atomic E-state index is -0.409. The molecule has 1 amide bonds. The topological polar surface area (TPSA) is 58.4 Å². The Labute approximate surface area is 158 Å². The van der Waals surface area contributed by atoms with Gasteiger partial charge >= 0.3 is 0 Å². The average molecular weight is 368 g/mol. The van der Waals surface area contributed by atoms with Crippen molar-refractivity contribution in [2.24, 2.45) is 11.7 Å². The highest BCUT2D eigenvalue weighted by atomic mass is 35.5. The number of piperidine rings is 1. The molecule has 0 unspecified atom stereocenters. The lowest BCUT2D eigenvalue weighted by atomic mass is 9.87. The monoisotopic (exact) mass is 367 g/mol. The van der Waals surface area contributed by atoms with Gasteiger partial charge in [0.05, 0.1) is 6.04 Å². The van der Waals surface area contributed by atoms with Crippen LogP contribution in [0, 0.1) is 5.92 Å². The zero-order valence-corrected chi connectivity index (χ0v) is 17.0. The minimum Gasteiger partial charge on any atom is -0.371 e. The zero-order chi connectivity index (χ0) is 17.9. The van der Waals surface area contributed by atoms with Crippen LogP contribution in [0.1, 0.15) is 53.0 Å². The predicted molar refractivity (Wildman–Crippen MR) is 109 cm³/mol. The molecule has 1 fully saturated rings. The van der Waals surface area contributed by atoms with Crippen molar-refractivity contribution in [1.29, 1.82) is 0 Å². The van der Waals surface area contributed by atoms with Crippen molar-refractivity contribution in [2.75, 3.05) is 18.0 Å². The maximum Gasteiger partial charge on any atom is 0.237 e. The number of hydrogen-bond donors (Lipinski definition) is 2. The summed E-state index contributed by atoms with van der Waals surface area (Å²) in [5.74, 6) is 0.157. The Morgan fingerprint density at radius 1 is 1.16 bits per heavy atom. The Morgan fingerprint density at radius 2 is 1.68 bits per heavy atom. The molecular formula is C20H34ClN3O. The quantitative estimate of drug-likeness (QED) is 0.856. The molecule has 1 aliphatic heterocycles.